The number of methoxy groups -OCH3 is 2. The van der Waals surface area contributed by atoms with E-state index in [1.165, 1.54) is 6.42 Å². The summed E-state index contributed by atoms with van der Waals surface area (Å²) in [7, 11) is 3.53. The molecule has 0 aromatic heterocycles. The van der Waals surface area contributed by atoms with E-state index in [4.69, 9.17) is 9.47 Å². The van der Waals surface area contributed by atoms with Crippen LogP contribution in [-0.2, 0) is 9.47 Å². The van der Waals surface area contributed by atoms with Crippen molar-refractivity contribution >= 4 is 0 Å². The highest BCUT2D eigenvalue weighted by atomic mass is 16.5. The largest absolute Gasteiger partial charge is 0.385 e. The van der Waals surface area contributed by atoms with E-state index in [2.05, 4.69) is 6.92 Å². The maximum atomic E-state index is 5.24. The molecule has 0 spiro atoms. The van der Waals surface area contributed by atoms with Crippen molar-refractivity contribution in [2.75, 3.05) is 20.8 Å². The first kappa shape index (κ1) is 10.9. The van der Waals surface area contributed by atoms with E-state index in [1.807, 2.05) is 0 Å². The predicted octanol–water partition coefficient (Wildman–Crippen LogP) is 2.23. The van der Waals surface area contributed by atoms with E-state index in [0.717, 1.165) is 25.9 Å². The second-order valence-electron chi connectivity index (χ2n) is 2.75. The summed E-state index contributed by atoms with van der Waals surface area (Å²) >= 11 is 0. The molecule has 68 valence electrons. The molecule has 2 heteroatoms. The molecule has 0 aliphatic heterocycles. The fourth-order valence-corrected chi connectivity index (χ4v) is 1.11. The lowest BCUT2D eigenvalue weighted by molar-refractivity contribution is 0.0869. The number of ether oxygens (including phenoxy) is 2. The summed E-state index contributed by atoms with van der Waals surface area (Å²) in [6.07, 6.45) is 5.09. The van der Waals surface area contributed by atoms with Gasteiger partial charge in [0, 0.05) is 20.8 Å². The Kier molecular flexibility index (Phi) is 7.96. The van der Waals surface area contributed by atoms with Gasteiger partial charge in [0.25, 0.3) is 0 Å². The van der Waals surface area contributed by atoms with Crippen LogP contribution in [0.25, 0.3) is 0 Å². The first-order valence-electron chi connectivity index (χ1n) is 4.36. The van der Waals surface area contributed by atoms with Crippen LogP contribution in [-0.4, -0.2) is 26.9 Å². The van der Waals surface area contributed by atoms with Crippen molar-refractivity contribution in [1.82, 2.24) is 0 Å². The average Bonchev–Trinajstić information content (AvgIpc) is 2.05. The molecule has 2 nitrogen and oxygen atoms in total. The zero-order valence-corrected chi connectivity index (χ0v) is 7.93. The van der Waals surface area contributed by atoms with Gasteiger partial charge in [-0.1, -0.05) is 6.92 Å². The minimum Gasteiger partial charge on any atom is -0.385 e. The normalized spacial score (nSPS) is 13.4. The summed E-state index contributed by atoms with van der Waals surface area (Å²) in [6.45, 7) is 3.03. The maximum absolute atomic E-state index is 5.24. The van der Waals surface area contributed by atoms with Crippen LogP contribution in [0.15, 0.2) is 0 Å². The van der Waals surface area contributed by atoms with Gasteiger partial charge in [0.2, 0.25) is 0 Å². The highest BCUT2D eigenvalue weighted by Crippen LogP contribution is 2.06. The standard InChI is InChI=1S/C9H20O2/c1-4-9(11-3)7-5-6-8-10-2/h9H,4-8H2,1-3H3. The Bertz CT molecular complexity index is 70.0. The van der Waals surface area contributed by atoms with E-state index in [0.29, 0.717) is 6.10 Å². The molecule has 0 heterocycles. The van der Waals surface area contributed by atoms with Crippen LogP contribution in [0.2, 0.25) is 0 Å². The van der Waals surface area contributed by atoms with Crippen LogP contribution in [0.5, 0.6) is 0 Å². The molecule has 0 aromatic carbocycles. The summed E-state index contributed by atoms with van der Waals surface area (Å²) in [5.41, 5.74) is 0. The fraction of sp³-hybridized carbons (Fsp3) is 1.00. The van der Waals surface area contributed by atoms with Crippen LogP contribution in [0.4, 0.5) is 0 Å². The van der Waals surface area contributed by atoms with Crippen molar-refractivity contribution in [3.8, 4) is 0 Å². The molecule has 1 unspecified atom stereocenters. The minimum absolute atomic E-state index is 0.451. The molecule has 0 saturated carbocycles. The van der Waals surface area contributed by atoms with Gasteiger partial charge in [-0.2, -0.15) is 0 Å². The summed E-state index contributed by atoms with van der Waals surface area (Å²) < 4.78 is 10.2. The van der Waals surface area contributed by atoms with Crippen molar-refractivity contribution < 1.29 is 9.47 Å². The molecular weight excluding hydrogens is 140 g/mol. The van der Waals surface area contributed by atoms with Gasteiger partial charge in [-0.15, -0.1) is 0 Å². The van der Waals surface area contributed by atoms with Crippen LogP contribution < -0.4 is 0 Å². The Balaban J connectivity index is 3.07. The zero-order valence-electron chi connectivity index (χ0n) is 7.93. The zero-order chi connectivity index (χ0) is 8.53. The number of rotatable bonds is 7. The second-order valence-corrected chi connectivity index (χ2v) is 2.75. The first-order chi connectivity index (χ1) is 5.35. The number of hydrogen-bond donors (Lipinski definition) is 0. The molecule has 0 aliphatic rings. The molecule has 0 aromatic rings. The Morgan fingerprint density at radius 1 is 1.18 bits per heavy atom. The molecular formula is C9H20O2. The van der Waals surface area contributed by atoms with E-state index in [1.54, 1.807) is 14.2 Å². The minimum atomic E-state index is 0.451. The quantitative estimate of drug-likeness (QED) is 0.532. The molecule has 0 amide bonds. The topological polar surface area (TPSA) is 18.5 Å². The van der Waals surface area contributed by atoms with Crippen LogP contribution in [0, 0.1) is 0 Å². The third kappa shape index (κ3) is 6.32. The van der Waals surface area contributed by atoms with E-state index in [-0.39, 0.29) is 0 Å². The van der Waals surface area contributed by atoms with Gasteiger partial charge < -0.3 is 9.47 Å². The van der Waals surface area contributed by atoms with Gasteiger partial charge in [0.1, 0.15) is 0 Å². The summed E-state index contributed by atoms with van der Waals surface area (Å²) in [4.78, 5) is 0. The van der Waals surface area contributed by atoms with Crippen LogP contribution in [0.1, 0.15) is 32.6 Å². The van der Waals surface area contributed by atoms with Gasteiger partial charge in [-0.3, -0.25) is 0 Å². The number of unbranched alkanes of at least 4 members (excludes halogenated alkanes) is 1. The maximum Gasteiger partial charge on any atom is 0.0568 e. The summed E-state index contributed by atoms with van der Waals surface area (Å²) in [6, 6.07) is 0. The van der Waals surface area contributed by atoms with Crippen LogP contribution >= 0.6 is 0 Å². The van der Waals surface area contributed by atoms with Gasteiger partial charge in [-0.25, -0.2) is 0 Å². The van der Waals surface area contributed by atoms with Gasteiger partial charge in [0.15, 0.2) is 0 Å². The molecule has 1 atom stereocenters. The Hall–Kier alpha value is -0.0800. The third-order valence-electron chi connectivity index (χ3n) is 1.91. The van der Waals surface area contributed by atoms with Crippen molar-refractivity contribution in [3.05, 3.63) is 0 Å². The second kappa shape index (κ2) is 8.02. The molecule has 0 N–H and O–H groups in total. The van der Waals surface area contributed by atoms with Crippen molar-refractivity contribution in [2.45, 2.75) is 38.7 Å². The molecule has 0 aliphatic carbocycles. The molecule has 0 rings (SSSR count). The van der Waals surface area contributed by atoms with Gasteiger partial charge in [0.05, 0.1) is 6.10 Å². The lowest BCUT2D eigenvalue weighted by Gasteiger charge is -2.11. The lowest BCUT2D eigenvalue weighted by Crippen LogP contribution is -2.08. The summed E-state index contributed by atoms with van der Waals surface area (Å²) in [5, 5.41) is 0. The van der Waals surface area contributed by atoms with E-state index < -0.39 is 0 Å². The highest BCUT2D eigenvalue weighted by Gasteiger charge is 2.02. The molecule has 0 bridgehead atoms. The van der Waals surface area contributed by atoms with Crippen molar-refractivity contribution in [3.63, 3.8) is 0 Å². The van der Waals surface area contributed by atoms with E-state index in [9.17, 15) is 0 Å². The first-order valence-corrected chi connectivity index (χ1v) is 4.36. The van der Waals surface area contributed by atoms with Gasteiger partial charge >= 0.3 is 0 Å². The third-order valence-corrected chi connectivity index (χ3v) is 1.91. The summed E-state index contributed by atoms with van der Waals surface area (Å²) in [5.74, 6) is 0. The predicted molar refractivity (Wildman–Crippen MR) is 46.8 cm³/mol. The Morgan fingerprint density at radius 2 is 1.91 bits per heavy atom. The van der Waals surface area contributed by atoms with E-state index >= 15 is 0 Å². The highest BCUT2D eigenvalue weighted by molar-refractivity contribution is 4.54. The molecule has 0 radical (unpaired) electrons. The number of hydrogen-bond acceptors (Lipinski definition) is 2. The van der Waals surface area contributed by atoms with Crippen molar-refractivity contribution in [1.29, 1.82) is 0 Å². The molecule has 0 saturated heterocycles. The average molecular weight is 160 g/mol. The molecule has 11 heavy (non-hydrogen) atoms. The van der Waals surface area contributed by atoms with Crippen LogP contribution in [0.3, 0.4) is 0 Å². The smallest absolute Gasteiger partial charge is 0.0568 e. The SMILES string of the molecule is CCC(CCCCOC)OC. The lowest BCUT2D eigenvalue weighted by atomic mass is 10.1. The fourth-order valence-electron chi connectivity index (χ4n) is 1.11. The monoisotopic (exact) mass is 160 g/mol. The van der Waals surface area contributed by atoms with Crippen molar-refractivity contribution in [2.24, 2.45) is 0 Å². The molecule has 0 fully saturated rings. The Morgan fingerprint density at radius 3 is 2.36 bits per heavy atom. The van der Waals surface area contributed by atoms with Gasteiger partial charge in [-0.05, 0) is 25.7 Å². The Labute approximate surface area is 69.9 Å².